The average molecular weight is 323 g/mol. The van der Waals surface area contributed by atoms with E-state index in [1.807, 2.05) is 0 Å². The topological polar surface area (TPSA) is 71.6 Å². The minimum atomic E-state index is -0.612. The maximum absolute atomic E-state index is 10.7. The molecule has 1 saturated carbocycles. The SMILES string of the molecule is COCC[C@]1(O)CCN(Cc2noc(C3CCCC3)n2)C[C@H]1C. The number of hydrogen-bond acceptors (Lipinski definition) is 6. The van der Waals surface area contributed by atoms with Gasteiger partial charge >= 0.3 is 0 Å². The average Bonchev–Trinajstić information content (AvgIpc) is 3.20. The molecule has 2 fully saturated rings. The highest BCUT2D eigenvalue weighted by atomic mass is 16.5. The Morgan fingerprint density at radius 1 is 1.39 bits per heavy atom. The molecule has 2 heterocycles. The number of hydrogen-bond donors (Lipinski definition) is 1. The van der Waals surface area contributed by atoms with Crippen LogP contribution in [0.2, 0.25) is 0 Å². The molecule has 1 aliphatic carbocycles. The second-order valence-electron chi connectivity index (χ2n) is 7.26. The van der Waals surface area contributed by atoms with Crippen molar-refractivity contribution < 1.29 is 14.4 Å². The lowest BCUT2D eigenvalue weighted by molar-refractivity contribution is -0.0831. The van der Waals surface area contributed by atoms with Gasteiger partial charge in [-0.15, -0.1) is 0 Å². The van der Waals surface area contributed by atoms with Crippen molar-refractivity contribution in [2.45, 2.75) is 63.5 Å². The van der Waals surface area contributed by atoms with Crippen molar-refractivity contribution in [2.75, 3.05) is 26.8 Å². The summed E-state index contributed by atoms with van der Waals surface area (Å²) in [5, 5.41) is 14.9. The summed E-state index contributed by atoms with van der Waals surface area (Å²) in [4.78, 5) is 6.91. The zero-order valence-electron chi connectivity index (χ0n) is 14.3. The van der Waals surface area contributed by atoms with E-state index in [2.05, 4.69) is 22.0 Å². The third-order valence-corrected chi connectivity index (χ3v) is 5.60. The maximum atomic E-state index is 10.7. The molecule has 0 aromatic carbocycles. The molecule has 23 heavy (non-hydrogen) atoms. The van der Waals surface area contributed by atoms with Crippen molar-refractivity contribution in [3.8, 4) is 0 Å². The molecule has 6 nitrogen and oxygen atoms in total. The Hall–Kier alpha value is -0.980. The van der Waals surface area contributed by atoms with E-state index in [1.54, 1.807) is 7.11 Å². The molecule has 2 aliphatic rings. The van der Waals surface area contributed by atoms with Crippen LogP contribution in [-0.2, 0) is 11.3 Å². The van der Waals surface area contributed by atoms with Crippen molar-refractivity contribution in [1.29, 1.82) is 0 Å². The van der Waals surface area contributed by atoms with Crippen molar-refractivity contribution in [3.63, 3.8) is 0 Å². The third-order valence-electron chi connectivity index (χ3n) is 5.60. The van der Waals surface area contributed by atoms with E-state index in [4.69, 9.17) is 9.26 Å². The zero-order chi connectivity index (χ0) is 16.3. The van der Waals surface area contributed by atoms with Gasteiger partial charge in [0.25, 0.3) is 0 Å². The zero-order valence-corrected chi connectivity index (χ0v) is 14.3. The van der Waals surface area contributed by atoms with Crippen LogP contribution in [0.5, 0.6) is 0 Å². The quantitative estimate of drug-likeness (QED) is 0.866. The van der Waals surface area contributed by atoms with Gasteiger partial charge in [0, 0.05) is 32.7 Å². The van der Waals surface area contributed by atoms with Gasteiger partial charge in [0.2, 0.25) is 5.89 Å². The van der Waals surface area contributed by atoms with Crippen molar-refractivity contribution in [1.82, 2.24) is 15.0 Å². The highest BCUT2D eigenvalue weighted by Crippen LogP contribution is 2.34. The molecule has 1 aromatic rings. The summed E-state index contributed by atoms with van der Waals surface area (Å²) in [7, 11) is 1.68. The second kappa shape index (κ2) is 7.28. The molecule has 6 heteroatoms. The van der Waals surface area contributed by atoms with Crippen LogP contribution in [0, 0.1) is 5.92 Å². The Morgan fingerprint density at radius 2 is 2.17 bits per heavy atom. The van der Waals surface area contributed by atoms with E-state index in [1.165, 1.54) is 25.7 Å². The number of rotatable bonds is 6. The summed E-state index contributed by atoms with van der Waals surface area (Å²) in [6.45, 7) is 5.14. The molecule has 130 valence electrons. The fraction of sp³-hybridized carbons (Fsp3) is 0.882. The minimum Gasteiger partial charge on any atom is -0.389 e. The standard InChI is InChI=1S/C17H29N3O3/c1-13-11-20(9-7-17(13,21)8-10-22-2)12-15-18-16(23-19-15)14-5-3-4-6-14/h13-14,21H,3-12H2,1-2H3/t13-,17-/m1/s1. The van der Waals surface area contributed by atoms with Crippen LogP contribution >= 0.6 is 0 Å². The van der Waals surface area contributed by atoms with Gasteiger partial charge in [-0.1, -0.05) is 24.9 Å². The molecule has 0 radical (unpaired) electrons. The van der Waals surface area contributed by atoms with Gasteiger partial charge in [-0.05, 0) is 31.6 Å². The molecule has 1 saturated heterocycles. The van der Waals surface area contributed by atoms with E-state index < -0.39 is 5.60 Å². The minimum absolute atomic E-state index is 0.215. The van der Waals surface area contributed by atoms with Gasteiger partial charge in [-0.25, -0.2) is 0 Å². The molecule has 0 bridgehead atoms. The highest BCUT2D eigenvalue weighted by Gasteiger charge is 2.38. The molecular formula is C17H29N3O3. The first-order chi connectivity index (χ1) is 11.1. The molecule has 0 unspecified atom stereocenters. The second-order valence-corrected chi connectivity index (χ2v) is 7.26. The van der Waals surface area contributed by atoms with Gasteiger partial charge in [0.05, 0.1) is 12.1 Å². The monoisotopic (exact) mass is 323 g/mol. The summed E-state index contributed by atoms with van der Waals surface area (Å²) in [5.74, 6) is 2.28. The van der Waals surface area contributed by atoms with Gasteiger partial charge in [0.1, 0.15) is 0 Å². The maximum Gasteiger partial charge on any atom is 0.229 e. The van der Waals surface area contributed by atoms with E-state index in [9.17, 15) is 5.11 Å². The first-order valence-electron chi connectivity index (χ1n) is 8.87. The first kappa shape index (κ1) is 16.9. The van der Waals surface area contributed by atoms with E-state index >= 15 is 0 Å². The molecule has 0 spiro atoms. The molecule has 1 N–H and O–H groups in total. The van der Waals surface area contributed by atoms with Crippen molar-refractivity contribution >= 4 is 0 Å². The van der Waals surface area contributed by atoms with Gasteiger partial charge in [0.15, 0.2) is 5.82 Å². The van der Waals surface area contributed by atoms with E-state index in [0.717, 1.165) is 31.2 Å². The number of likely N-dealkylation sites (tertiary alicyclic amines) is 1. The molecule has 1 aromatic heterocycles. The number of methoxy groups -OCH3 is 1. The van der Waals surface area contributed by atoms with Crippen LogP contribution in [0.4, 0.5) is 0 Å². The Balaban J connectivity index is 1.53. The number of piperidine rings is 1. The predicted octanol–water partition coefficient (Wildman–Crippen LogP) is 2.34. The molecule has 1 aliphatic heterocycles. The van der Waals surface area contributed by atoms with Gasteiger partial charge in [-0.2, -0.15) is 4.98 Å². The summed E-state index contributed by atoms with van der Waals surface area (Å²) in [6, 6.07) is 0. The predicted molar refractivity (Wildman–Crippen MR) is 86.0 cm³/mol. The fourth-order valence-corrected chi connectivity index (χ4v) is 3.91. The van der Waals surface area contributed by atoms with Crippen molar-refractivity contribution in [3.05, 3.63) is 11.7 Å². The molecule has 3 rings (SSSR count). The van der Waals surface area contributed by atoms with Crippen LogP contribution in [-0.4, -0.2) is 52.6 Å². The lowest BCUT2D eigenvalue weighted by Gasteiger charge is -2.43. The largest absolute Gasteiger partial charge is 0.389 e. The highest BCUT2D eigenvalue weighted by molar-refractivity contribution is 4.98. The number of aliphatic hydroxyl groups is 1. The Labute approximate surface area is 138 Å². The summed E-state index contributed by atoms with van der Waals surface area (Å²) in [6.07, 6.45) is 6.36. The Bertz CT molecular complexity index is 501. The summed E-state index contributed by atoms with van der Waals surface area (Å²) >= 11 is 0. The van der Waals surface area contributed by atoms with Gasteiger partial charge in [-0.3, -0.25) is 4.90 Å². The molecule has 2 atom stereocenters. The van der Waals surface area contributed by atoms with Crippen molar-refractivity contribution in [2.24, 2.45) is 5.92 Å². The lowest BCUT2D eigenvalue weighted by atomic mass is 9.80. The van der Waals surface area contributed by atoms with Crippen LogP contribution in [0.1, 0.15) is 63.1 Å². The van der Waals surface area contributed by atoms with Crippen LogP contribution in [0.15, 0.2) is 4.52 Å². The van der Waals surface area contributed by atoms with Crippen LogP contribution < -0.4 is 0 Å². The normalized spacial score (nSPS) is 30.1. The fourth-order valence-electron chi connectivity index (χ4n) is 3.91. The van der Waals surface area contributed by atoms with Gasteiger partial charge < -0.3 is 14.4 Å². The Kier molecular flexibility index (Phi) is 5.34. The smallest absolute Gasteiger partial charge is 0.229 e. The Morgan fingerprint density at radius 3 is 2.87 bits per heavy atom. The number of aromatic nitrogens is 2. The van der Waals surface area contributed by atoms with E-state index in [0.29, 0.717) is 25.5 Å². The third kappa shape index (κ3) is 3.92. The van der Waals surface area contributed by atoms with Crippen LogP contribution in [0.3, 0.4) is 0 Å². The molecule has 0 amide bonds. The van der Waals surface area contributed by atoms with E-state index in [-0.39, 0.29) is 5.92 Å². The first-order valence-corrected chi connectivity index (χ1v) is 8.87. The summed E-state index contributed by atoms with van der Waals surface area (Å²) < 4.78 is 10.6. The number of ether oxygens (including phenoxy) is 1. The number of nitrogens with zero attached hydrogens (tertiary/aromatic N) is 3. The lowest BCUT2D eigenvalue weighted by Crippen LogP contribution is -2.51. The molecular weight excluding hydrogens is 294 g/mol. The summed E-state index contributed by atoms with van der Waals surface area (Å²) in [5.41, 5.74) is -0.612. The van der Waals surface area contributed by atoms with Crippen LogP contribution in [0.25, 0.3) is 0 Å².